The number of anilines is 1. The Hall–Kier alpha value is -2.57. The van der Waals surface area contributed by atoms with Crippen LogP contribution in [0.3, 0.4) is 0 Å². The van der Waals surface area contributed by atoms with Crippen LogP contribution in [0.5, 0.6) is 0 Å². The number of nitrogens with zero attached hydrogens (tertiary/aromatic N) is 1. The maximum atomic E-state index is 12.1. The van der Waals surface area contributed by atoms with Gasteiger partial charge >= 0.3 is 6.03 Å². The SMILES string of the molecule is CC(C)(C)N1CC(NC(=O)Nc2ccccc2C(N)=O)CC1=O. The zero-order chi connectivity index (χ0) is 17.2. The van der Waals surface area contributed by atoms with Gasteiger partial charge in [0.25, 0.3) is 5.91 Å². The van der Waals surface area contributed by atoms with Crippen LogP contribution in [0.2, 0.25) is 0 Å². The lowest BCUT2D eigenvalue weighted by Crippen LogP contribution is -2.45. The second kappa shape index (κ2) is 6.28. The van der Waals surface area contributed by atoms with E-state index in [2.05, 4.69) is 10.6 Å². The number of urea groups is 1. The van der Waals surface area contributed by atoms with Crippen LogP contribution in [0, 0.1) is 0 Å². The molecule has 1 atom stereocenters. The van der Waals surface area contributed by atoms with E-state index in [-0.39, 0.29) is 29.5 Å². The van der Waals surface area contributed by atoms with E-state index < -0.39 is 11.9 Å². The summed E-state index contributed by atoms with van der Waals surface area (Å²) in [6.07, 6.45) is 0.266. The van der Waals surface area contributed by atoms with E-state index in [9.17, 15) is 14.4 Å². The number of carbonyl (C=O) groups is 3. The van der Waals surface area contributed by atoms with Gasteiger partial charge in [0.1, 0.15) is 0 Å². The predicted molar refractivity (Wildman–Crippen MR) is 87.0 cm³/mol. The highest BCUT2D eigenvalue weighted by Gasteiger charge is 2.36. The van der Waals surface area contributed by atoms with Crippen molar-refractivity contribution >= 4 is 23.5 Å². The molecule has 0 bridgehead atoms. The zero-order valence-electron chi connectivity index (χ0n) is 13.6. The van der Waals surface area contributed by atoms with E-state index in [0.29, 0.717) is 12.2 Å². The minimum Gasteiger partial charge on any atom is -0.366 e. The van der Waals surface area contributed by atoms with Crippen molar-refractivity contribution in [1.82, 2.24) is 10.2 Å². The topological polar surface area (TPSA) is 105 Å². The zero-order valence-corrected chi connectivity index (χ0v) is 13.6. The van der Waals surface area contributed by atoms with Gasteiger partial charge in [-0.1, -0.05) is 12.1 Å². The van der Waals surface area contributed by atoms with Crippen LogP contribution in [0.15, 0.2) is 24.3 Å². The van der Waals surface area contributed by atoms with Gasteiger partial charge in [-0.3, -0.25) is 9.59 Å². The number of rotatable bonds is 3. The van der Waals surface area contributed by atoms with Gasteiger partial charge in [-0.05, 0) is 32.9 Å². The Morgan fingerprint density at radius 3 is 2.48 bits per heavy atom. The Labute approximate surface area is 135 Å². The smallest absolute Gasteiger partial charge is 0.319 e. The Morgan fingerprint density at radius 2 is 1.91 bits per heavy atom. The molecule has 1 saturated heterocycles. The first kappa shape index (κ1) is 16.8. The van der Waals surface area contributed by atoms with E-state index in [0.717, 1.165) is 0 Å². The quantitative estimate of drug-likeness (QED) is 0.782. The van der Waals surface area contributed by atoms with Crippen molar-refractivity contribution in [2.45, 2.75) is 38.8 Å². The molecule has 4 N–H and O–H groups in total. The van der Waals surface area contributed by atoms with Gasteiger partial charge in [0.05, 0.1) is 17.3 Å². The molecule has 0 spiro atoms. The lowest BCUT2D eigenvalue weighted by molar-refractivity contribution is -0.131. The molecule has 2 rings (SSSR count). The van der Waals surface area contributed by atoms with E-state index >= 15 is 0 Å². The van der Waals surface area contributed by atoms with Crippen LogP contribution in [0.1, 0.15) is 37.6 Å². The summed E-state index contributed by atoms with van der Waals surface area (Å²) in [5.74, 6) is -0.601. The summed E-state index contributed by atoms with van der Waals surface area (Å²) in [6.45, 7) is 6.33. The van der Waals surface area contributed by atoms with Crippen molar-refractivity contribution in [2.24, 2.45) is 5.73 Å². The minimum atomic E-state index is -0.615. The molecule has 23 heavy (non-hydrogen) atoms. The van der Waals surface area contributed by atoms with Crippen molar-refractivity contribution in [1.29, 1.82) is 0 Å². The molecular formula is C16H22N4O3. The van der Waals surface area contributed by atoms with Crippen molar-refractivity contribution in [2.75, 3.05) is 11.9 Å². The van der Waals surface area contributed by atoms with E-state index in [1.165, 1.54) is 0 Å². The monoisotopic (exact) mass is 318 g/mol. The molecule has 1 heterocycles. The Kier molecular flexibility index (Phi) is 4.58. The fraction of sp³-hybridized carbons (Fsp3) is 0.438. The van der Waals surface area contributed by atoms with E-state index in [1.54, 1.807) is 29.2 Å². The van der Waals surface area contributed by atoms with E-state index in [1.807, 2.05) is 20.8 Å². The van der Waals surface area contributed by atoms with Crippen LogP contribution >= 0.6 is 0 Å². The molecule has 7 heteroatoms. The molecule has 0 radical (unpaired) electrons. The summed E-state index contributed by atoms with van der Waals surface area (Å²) in [4.78, 5) is 37.2. The van der Waals surface area contributed by atoms with Crippen molar-refractivity contribution in [3.8, 4) is 0 Å². The van der Waals surface area contributed by atoms with E-state index in [4.69, 9.17) is 5.73 Å². The number of nitrogens with two attached hydrogens (primary N) is 1. The lowest BCUT2D eigenvalue weighted by atomic mass is 10.1. The highest BCUT2D eigenvalue weighted by molar-refractivity contribution is 6.02. The maximum absolute atomic E-state index is 12.1. The molecule has 0 aliphatic carbocycles. The first-order chi connectivity index (χ1) is 10.7. The normalized spacial score (nSPS) is 18.0. The molecule has 7 nitrogen and oxygen atoms in total. The van der Waals surface area contributed by atoms with Gasteiger partial charge in [-0.15, -0.1) is 0 Å². The van der Waals surface area contributed by atoms with Gasteiger partial charge in [0, 0.05) is 18.5 Å². The van der Waals surface area contributed by atoms with Crippen LogP contribution in [0.4, 0.5) is 10.5 Å². The molecule has 0 saturated carbocycles. The number of nitrogens with one attached hydrogen (secondary N) is 2. The molecule has 0 aromatic heterocycles. The third-order valence-electron chi connectivity index (χ3n) is 3.71. The maximum Gasteiger partial charge on any atom is 0.319 e. The van der Waals surface area contributed by atoms with Crippen molar-refractivity contribution in [3.05, 3.63) is 29.8 Å². The van der Waals surface area contributed by atoms with Crippen LogP contribution in [-0.4, -0.2) is 40.9 Å². The number of likely N-dealkylation sites (tertiary alicyclic amines) is 1. The number of hydrogen-bond acceptors (Lipinski definition) is 3. The molecule has 124 valence electrons. The van der Waals surface area contributed by atoms with Crippen LogP contribution in [-0.2, 0) is 4.79 Å². The summed E-state index contributed by atoms with van der Waals surface area (Å²) in [5.41, 5.74) is 5.58. The highest BCUT2D eigenvalue weighted by atomic mass is 16.2. The fourth-order valence-electron chi connectivity index (χ4n) is 2.60. The Balaban J connectivity index is 1.99. The number of benzene rings is 1. The number of hydrogen-bond donors (Lipinski definition) is 3. The number of primary amides is 1. The fourth-order valence-corrected chi connectivity index (χ4v) is 2.60. The van der Waals surface area contributed by atoms with Gasteiger partial charge in [0.15, 0.2) is 0 Å². The first-order valence-corrected chi connectivity index (χ1v) is 7.45. The summed E-state index contributed by atoms with van der Waals surface area (Å²) in [7, 11) is 0. The van der Waals surface area contributed by atoms with Gasteiger partial charge in [0.2, 0.25) is 5.91 Å². The standard InChI is InChI=1S/C16H22N4O3/c1-16(2,3)20-9-10(8-13(20)21)18-15(23)19-12-7-5-4-6-11(12)14(17)22/h4-7,10H,8-9H2,1-3H3,(H2,17,22)(H2,18,19,23). The van der Waals surface area contributed by atoms with Gasteiger partial charge in [-0.2, -0.15) is 0 Å². The third-order valence-corrected chi connectivity index (χ3v) is 3.71. The summed E-state index contributed by atoms with van der Waals surface area (Å²) in [5, 5.41) is 5.37. The Bertz CT molecular complexity index is 636. The highest BCUT2D eigenvalue weighted by Crippen LogP contribution is 2.22. The third kappa shape index (κ3) is 4.00. The molecule has 4 amide bonds. The largest absolute Gasteiger partial charge is 0.366 e. The number of amides is 4. The molecular weight excluding hydrogens is 296 g/mol. The van der Waals surface area contributed by atoms with Gasteiger partial charge < -0.3 is 21.3 Å². The average molecular weight is 318 g/mol. The van der Waals surface area contributed by atoms with Crippen molar-refractivity contribution in [3.63, 3.8) is 0 Å². The predicted octanol–water partition coefficient (Wildman–Crippen LogP) is 1.31. The molecule has 1 aromatic rings. The second-order valence-corrected chi connectivity index (χ2v) is 6.58. The minimum absolute atomic E-state index is 0.0142. The second-order valence-electron chi connectivity index (χ2n) is 6.58. The molecule has 1 aliphatic rings. The number of para-hydroxylation sites is 1. The van der Waals surface area contributed by atoms with Gasteiger partial charge in [-0.25, -0.2) is 4.79 Å². The first-order valence-electron chi connectivity index (χ1n) is 7.45. The van der Waals surface area contributed by atoms with Crippen molar-refractivity contribution < 1.29 is 14.4 Å². The molecule has 1 aliphatic heterocycles. The summed E-state index contributed by atoms with van der Waals surface area (Å²) < 4.78 is 0. The average Bonchev–Trinajstić information content (AvgIpc) is 2.79. The lowest BCUT2D eigenvalue weighted by Gasteiger charge is -2.32. The summed E-state index contributed by atoms with van der Waals surface area (Å²) >= 11 is 0. The number of carbonyl (C=O) groups excluding carboxylic acids is 3. The van der Waals surface area contributed by atoms with Crippen LogP contribution < -0.4 is 16.4 Å². The summed E-state index contributed by atoms with van der Waals surface area (Å²) in [6, 6.07) is 5.77. The van der Waals surface area contributed by atoms with Crippen LogP contribution in [0.25, 0.3) is 0 Å². The molecule has 1 aromatic carbocycles. The Morgan fingerprint density at radius 1 is 1.26 bits per heavy atom. The molecule has 1 unspecified atom stereocenters. The molecule has 1 fully saturated rings.